The Morgan fingerprint density at radius 2 is 2.29 bits per heavy atom. The van der Waals surface area contributed by atoms with Crippen LogP contribution in [-0.2, 0) is 13.6 Å². The van der Waals surface area contributed by atoms with Crippen molar-refractivity contribution in [2.75, 3.05) is 0 Å². The van der Waals surface area contributed by atoms with Crippen LogP contribution in [-0.4, -0.2) is 30.4 Å². The highest BCUT2D eigenvalue weighted by Gasteiger charge is 2.09. The molecule has 0 aliphatic heterocycles. The van der Waals surface area contributed by atoms with Crippen LogP contribution in [0.3, 0.4) is 0 Å². The maximum atomic E-state index is 11.3. The number of nitrogens with zero attached hydrogens (tertiary/aromatic N) is 4. The Morgan fingerprint density at radius 3 is 2.88 bits per heavy atom. The number of aromatic carboxylic acids is 1. The Labute approximate surface area is 96.0 Å². The molecule has 88 valence electrons. The molecule has 0 saturated carbocycles. The van der Waals surface area contributed by atoms with Gasteiger partial charge in [-0.2, -0.15) is 5.10 Å². The SMILES string of the molecule is Cn1ncnc1Cn1ccc(=O)c(C(=O)O)c1. The summed E-state index contributed by atoms with van der Waals surface area (Å²) in [5.74, 6) is -0.563. The standard InChI is InChI=1S/C10H10N4O3/c1-13-9(11-6-12-13)5-14-3-2-8(15)7(4-14)10(16)17/h2-4,6H,5H2,1H3,(H,16,17). The molecule has 2 heterocycles. The minimum absolute atomic E-state index is 0.255. The van der Waals surface area contributed by atoms with E-state index >= 15 is 0 Å². The van der Waals surface area contributed by atoms with Crippen LogP contribution in [0.5, 0.6) is 0 Å². The Bertz CT molecular complexity index is 614. The van der Waals surface area contributed by atoms with Gasteiger partial charge < -0.3 is 9.67 Å². The zero-order valence-corrected chi connectivity index (χ0v) is 9.07. The number of rotatable bonds is 3. The van der Waals surface area contributed by atoms with Crippen molar-refractivity contribution in [3.05, 3.63) is 46.4 Å². The molecule has 7 nitrogen and oxygen atoms in total. The molecule has 2 rings (SSSR count). The molecule has 0 aromatic carbocycles. The molecular formula is C10H10N4O3. The first-order valence-corrected chi connectivity index (χ1v) is 4.84. The van der Waals surface area contributed by atoms with E-state index in [1.54, 1.807) is 16.3 Å². The van der Waals surface area contributed by atoms with Crippen molar-refractivity contribution >= 4 is 5.97 Å². The van der Waals surface area contributed by atoms with Crippen LogP contribution in [0.25, 0.3) is 0 Å². The Hall–Kier alpha value is -2.44. The van der Waals surface area contributed by atoms with E-state index in [4.69, 9.17) is 5.11 Å². The zero-order chi connectivity index (χ0) is 12.4. The van der Waals surface area contributed by atoms with Gasteiger partial charge in [-0.1, -0.05) is 0 Å². The summed E-state index contributed by atoms with van der Waals surface area (Å²) in [6.07, 6.45) is 4.22. The van der Waals surface area contributed by atoms with Crippen LogP contribution < -0.4 is 5.43 Å². The molecule has 0 unspecified atom stereocenters. The van der Waals surface area contributed by atoms with Gasteiger partial charge in [0.1, 0.15) is 17.7 Å². The number of carboxylic acids is 1. The highest BCUT2D eigenvalue weighted by molar-refractivity contribution is 5.86. The summed E-state index contributed by atoms with van der Waals surface area (Å²) in [4.78, 5) is 26.1. The fourth-order valence-corrected chi connectivity index (χ4v) is 1.41. The number of aryl methyl sites for hydroxylation is 1. The fraction of sp³-hybridized carbons (Fsp3) is 0.200. The molecule has 0 bridgehead atoms. The maximum Gasteiger partial charge on any atom is 0.341 e. The van der Waals surface area contributed by atoms with Crippen LogP contribution in [0.4, 0.5) is 0 Å². The van der Waals surface area contributed by atoms with Crippen molar-refractivity contribution in [3.63, 3.8) is 0 Å². The molecule has 0 aliphatic rings. The van der Waals surface area contributed by atoms with E-state index in [0.29, 0.717) is 12.4 Å². The Kier molecular flexibility index (Phi) is 2.73. The number of pyridine rings is 1. The van der Waals surface area contributed by atoms with Gasteiger partial charge in [-0.3, -0.25) is 9.48 Å². The third kappa shape index (κ3) is 2.22. The minimum atomic E-state index is -1.23. The molecule has 0 radical (unpaired) electrons. The molecule has 7 heteroatoms. The van der Waals surface area contributed by atoms with Crippen molar-refractivity contribution < 1.29 is 9.90 Å². The molecular weight excluding hydrogens is 224 g/mol. The third-order valence-corrected chi connectivity index (χ3v) is 2.34. The number of carboxylic acid groups (broad SMARTS) is 1. The molecule has 0 spiro atoms. The molecule has 17 heavy (non-hydrogen) atoms. The molecule has 0 saturated heterocycles. The second-order valence-electron chi connectivity index (χ2n) is 3.50. The second-order valence-corrected chi connectivity index (χ2v) is 3.50. The first-order valence-electron chi connectivity index (χ1n) is 4.84. The van der Waals surface area contributed by atoms with Gasteiger partial charge in [-0.15, -0.1) is 0 Å². The Balaban J connectivity index is 2.35. The summed E-state index contributed by atoms with van der Waals surface area (Å²) in [6, 6.07) is 1.22. The van der Waals surface area contributed by atoms with E-state index in [1.807, 2.05) is 0 Å². The van der Waals surface area contributed by atoms with Gasteiger partial charge in [-0.25, -0.2) is 9.78 Å². The highest BCUT2D eigenvalue weighted by Crippen LogP contribution is 1.98. The molecule has 0 fully saturated rings. The molecule has 2 aromatic heterocycles. The van der Waals surface area contributed by atoms with Crippen LogP contribution in [0, 0.1) is 0 Å². The van der Waals surface area contributed by atoms with Crippen LogP contribution in [0.2, 0.25) is 0 Å². The maximum absolute atomic E-state index is 11.3. The molecule has 0 aliphatic carbocycles. The first-order chi connectivity index (χ1) is 8.08. The van der Waals surface area contributed by atoms with E-state index in [1.165, 1.54) is 24.8 Å². The lowest BCUT2D eigenvalue weighted by Crippen LogP contribution is -2.17. The number of hydrogen-bond donors (Lipinski definition) is 1. The van der Waals surface area contributed by atoms with Crippen LogP contribution >= 0.6 is 0 Å². The van der Waals surface area contributed by atoms with Gasteiger partial charge in [0.2, 0.25) is 0 Å². The van der Waals surface area contributed by atoms with Gasteiger partial charge in [-0.05, 0) is 0 Å². The summed E-state index contributed by atoms with van der Waals surface area (Å²) in [5.41, 5.74) is -0.763. The predicted octanol–water partition coefficient (Wildman–Crippen LogP) is -0.277. The van der Waals surface area contributed by atoms with E-state index in [9.17, 15) is 9.59 Å². The number of hydrogen-bond acceptors (Lipinski definition) is 4. The quantitative estimate of drug-likeness (QED) is 0.789. The van der Waals surface area contributed by atoms with Crippen LogP contribution in [0.1, 0.15) is 16.2 Å². The van der Waals surface area contributed by atoms with Gasteiger partial charge in [0.25, 0.3) is 0 Å². The van der Waals surface area contributed by atoms with Crippen molar-refractivity contribution in [1.82, 2.24) is 19.3 Å². The van der Waals surface area contributed by atoms with Crippen molar-refractivity contribution in [2.45, 2.75) is 6.54 Å². The summed E-state index contributed by atoms with van der Waals surface area (Å²) in [5, 5.41) is 12.7. The van der Waals surface area contributed by atoms with Gasteiger partial charge >= 0.3 is 5.97 Å². The van der Waals surface area contributed by atoms with Crippen LogP contribution in [0.15, 0.2) is 29.6 Å². The molecule has 0 amide bonds. The fourth-order valence-electron chi connectivity index (χ4n) is 1.41. The molecule has 2 aromatic rings. The van der Waals surface area contributed by atoms with E-state index in [0.717, 1.165) is 0 Å². The smallest absolute Gasteiger partial charge is 0.341 e. The number of aromatic nitrogens is 4. The number of carbonyl (C=O) groups is 1. The lowest BCUT2D eigenvalue weighted by Gasteiger charge is -2.06. The average Bonchev–Trinajstić information content (AvgIpc) is 2.67. The largest absolute Gasteiger partial charge is 0.477 e. The molecule has 1 N–H and O–H groups in total. The Morgan fingerprint density at radius 1 is 1.53 bits per heavy atom. The summed E-state index contributed by atoms with van der Waals surface area (Å²) in [7, 11) is 1.74. The lowest BCUT2D eigenvalue weighted by atomic mass is 10.3. The average molecular weight is 234 g/mol. The van der Waals surface area contributed by atoms with Gasteiger partial charge in [0.05, 0.1) is 6.54 Å². The van der Waals surface area contributed by atoms with Crippen molar-refractivity contribution in [2.24, 2.45) is 7.05 Å². The van der Waals surface area contributed by atoms with E-state index < -0.39 is 11.4 Å². The lowest BCUT2D eigenvalue weighted by molar-refractivity contribution is 0.0694. The molecule has 0 atom stereocenters. The predicted molar refractivity (Wildman–Crippen MR) is 57.8 cm³/mol. The summed E-state index contributed by atoms with van der Waals surface area (Å²) >= 11 is 0. The second kappa shape index (κ2) is 4.20. The normalized spacial score (nSPS) is 10.4. The first kappa shape index (κ1) is 11.1. The minimum Gasteiger partial charge on any atom is -0.477 e. The highest BCUT2D eigenvalue weighted by atomic mass is 16.4. The summed E-state index contributed by atoms with van der Waals surface area (Å²) < 4.78 is 3.16. The summed E-state index contributed by atoms with van der Waals surface area (Å²) in [6.45, 7) is 0.358. The van der Waals surface area contributed by atoms with E-state index in [2.05, 4.69) is 10.1 Å². The monoisotopic (exact) mass is 234 g/mol. The van der Waals surface area contributed by atoms with Gasteiger partial charge in [0, 0.05) is 25.5 Å². The van der Waals surface area contributed by atoms with Crippen molar-refractivity contribution in [3.8, 4) is 0 Å². The van der Waals surface area contributed by atoms with Crippen molar-refractivity contribution in [1.29, 1.82) is 0 Å². The third-order valence-electron chi connectivity index (χ3n) is 2.34. The topological polar surface area (TPSA) is 90.0 Å². The zero-order valence-electron chi connectivity index (χ0n) is 9.07. The van der Waals surface area contributed by atoms with Gasteiger partial charge in [0.15, 0.2) is 5.43 Å². The van der Waals surface area contributed by atoms with E-state index in [-0.39, 0.29) is 5.56 Å².